The lowest BCUT2D eigenvalue weighted by molar-refractivity contribution is -0.138. The van der Waals surface area contributed by atoms with E-state index in [2.05, 4.69) is 22.6 Å². The van der Waals surface area contributed by atoms with Crippen molar-refractivity contribution >= 4 is 11.9 Å². The number of hydrogen-bond acceptors (Lipinski definition) is 6. The minimum Gasteiger partial charge on any atom is -0.516 e. The van der Waals surface area contributed by atoms with E-state index < -0.39 is 11.9 Å². The van der Waals surface area contributed by atoms with Crippen LogP contribution in [-0.4, -0.2) is 35.4 Å². The van der Waals surface area contributed by atoms with Crippen molar-refractivity contribution in [2.75, 3.05) is 13.2 Å². The topological polar surface area (TPSA) is 93.1 Å². The molecule has 0 aromatic rings. The SMILES string of the molecule is C=C(C)C(=O)OCC=CO.C=CC(=O)OCC=CO. The van der Waals surface area contributed by atoms with E-state index in [0.717, 1.165) is 18.6 Å². The highest BCUT2D eigenvalue weighted by atomic mass is 16.5. The van der Waals surface area contributed by atoms with Crippen LogP contribution in [-0.2, 0) is 19.1 Å². The van der Waals surface area contributed by atoms with E-state index in [1.165, 1.54) is 12.2 Å². The maximum Gasteiger partial charge on any atom is 0.333 e. The third-order valence-electron chi connectivity index (χ3n) is 1.36. The number of carbonyl (C=O) groups is 2. The molecule has 0 spiro atoms. The summed E-state index contributed by atoms with van der Waals surface area (Å²) < 4.78 is 8.99. The molecule has 106 valence electrons. The van der Waals surface area contributed by atoms with E-state index in [1.807, 2.05) is 0 Å². The van der Waals surface area contributed by atoms with Crippen LogP contribution < -0.4 is 0 Å². The fourth-order valence-electron chi connectivity index (χ4n) is 0.522. The van der Waals surface area contributed by atoms with Crippen molar-refractivity contribution in [3.8, 4) is 0 Å². The van der Waals surface area contributed by atoms with Crippen molar-refractivity contribution in [1.82, 2.24) is 0 Å². The minimum atomic E-state index is -0.492. The highest BCUT2D eigenvalue weighted by molar-refractivity contribution is 5.86. The summed E-state index contributed by atoms with van der Waals surface area (Å²) in [5, 5.41) is 16.2. The summed E-state index contributed by atoms with van der Waals surface area (Å²) in [4.78, 5) is 20.8. The Bertz CT molecular complexity index is 354. The molecule has 2 N–H and O–H groups in total. The molecule has 0 radical (unpaired) electrons. The summed E-state index contributed by atoms with van der Waals surface area (Å²) in [7, 11) is 0. The van der Waals surface area contributed by atoms with Gasteiger partial charge in [-0.25, -0.2) is 9.59 Å². The molecule has 0 heterocycles. The lowest BCUT2D eigenvalue weighted by atomic mass is 10.4. The van der Waals surface area contributed by atoms with Crippen molar-refractivity contribution in [3.05, 3.63) is 49.5 Å². The minimum absolute atomic E-state index is 0.0847. The van der Waals surface area contributed by atoms with Gasteiger partial charge in [0.05, 0.1) is 12.5 Å². The summed E-state index contributed by atoms with van der Waals surface area (Å²) in [6.07, 6.45) is 5.33. The van der Waals surface area contributed by atoms with Crippen molar-refractivity contribution in [3.63, 3.8) is 0 Å². The zero-order chi connectivity index (χ0) is 15.1. The van der Waals surface area contributed by atoms with Gasteiger partial charge < -0.3 is 19.7 Å². The van der Waals surface area contributed by atoms with Gasteiger partial charge in [0, 0.05) is 11.6 Å². The zero-order valence-electron chi connectivity index (χ0n) is 10.7. The van der Waals surface area contributed by atoms with E-state index in [4.69, 9.17) is 10.2 Å². The number of esters is 2. The van der Waals surface area contributed by atoms with Crippen LogP contribution in [0.25, 0.3) is 0 Å². The van der Waals surface area contributed by atoms with Gasteiger partial charge >= 0.3 is 11.9 Å². The first-order valence-corrected chi connectivity index (χ1v) is 5.19. The van der Waals surface area contributed by atoms with Crippen LogP contribution in [0.3, 0.4) is 0 Å². The predicted molar refractivity (Wildman–Crippen MR) is 70.5 cm³/mol. The summed E-state index contributed by atoms with van der Waals surface area (Å²) >= 11 is 0. The van der Waals surface area contributed by atoms with Gasteiger partial charge in [-0.1, -0.05) is 13.2 Å². The first-order chi connectivity index (χ1) is 8.99. The molecule has 0 saturated heterocycles. The Kier molecular flexibility index (Phi) is 13.5. The van der Waals surface area contributed by atoms with Crippen LogP contribution in [0.2, 0.25) is 0 Å². The average molecular weight is 270 g/mol. The first-order valence-electron chi connectivity index (χ1n) is 5.19. The summed E-state index contributed by atoms with van der Waals surface area (Å²) in [6, 6.07) is 0. The highest BCUT2D eigenvalue weighted by Gasteiger charge is 1.99. The van der Waals surface area contributed by atoms with Gasteiger partial charge in [0.15, 0.2) is 0 Å². The maximum absolute atomic E-state index is 10.6. The number of carbonyl (C=O) groups excluding carboxylic acids is 2. The monoisotopic (exact) mass is 270 g/mol. The lowest BCUT2D eigenvalue weighted by Gasteiger charge is -1.97. The van der Waals surface area contributed by atoms with Gasteiger partial charge in [0.25, 0.3) is 0 Å². The standard InChI is InChI=1S/C7H10O3.C6H8O3/c1-6(2)7(9)10-5-3-4-8;1-2-6(8)9-5-3-4-7/h3-4,8H,1,5H2,2H3;2-4,7H,1,5H2. The molecule has 6 heteroatoms. The number of ether oxygens (including phenoxy) is 2. The molecule has 6 nitrogen and oxygen atoms in total. The van der Waals surface area contributed by atoms with Crippen molar-refractivity contribution < 1.29 is 29.3 Å². The molecule has 0 atom stereocenters. The van der Waals surface area contributed by atoms with E-state index in [0.29, 0.717) is 5.57 Å². The molecular formula is C13H18O6. The number of aliphatic hydroxyl groups excluding tert-OH is 2. The van der Waals surface area contributed by atoms with E-state index >= 15 is 0 Å². The Morgan fingerprint density at radius 1 is 1.11 bits per heavy atom. The third kappa shape index (κ3) is 15.5. The first kappa shape index (κ1) is 18.9. The molecule has 0 saturated carbocycles. The van der Waals surface area contributed by atoms with Gasteiger partial charge in [0.1, 0.15) is 13.2 Å². The van der Waals surface area contributed by atoms with Gasteiger partial charge in [-0.3, -0.25) is 0 Å². The summed E-state index contributed by atoms with van der Waals surface area (Å²) in [6.45, 7) is 8.28. The van der Waals surface area contributed by atoms with Crippen LogP contribution in [0.5, 0.6) is 0 Å². The van der Waals surface area contributed by atoms with Gasteiger partial charge in [0.2, 0.25) is 0 Å². The van der Waals surface area contributed by atoms with Crippen molar-refractivity contribution in [2.24, 2.45) is 0 Å². The Balaban J connectivity index is 0. The van der Waals surface area contributed by atoms with Gasteiger partial charge in [-0.2, -0.15) is 0 Å². The molecule has 0 aliphatic carbocycles. The van der Waals surface area contributed by atoms with Crippen molar-refractivity contribution in [2.45, 2.75) is 6.92 Å². The molecule has 0 aliphatic heterocycles. The summed E-state index contributed by atoms with van der Waals surface area (Å²) in [5.74, 6) is -0.939. The highest BCUT2D eigenvalue weighted by Crippen LogP contribution is 1.90. The van der Waals surface area contributed by atoms with Crippen LogP contribution in [0, 0.1) is 0 Å². The van der Waals surface area contributed by atoms with Crippen LogP contribution in [0.15, 0.2) is 49.5 Å². The Labute approximate surface area is 112 Å². The molecule has 0 unspecified atom stereocenters. The molecule has 0 bridgehead atoms. The number of rotatable bonds is 6. The Morgan fingerprint density at radius 2 is 1.58 bits per heavy atom. The van der Waals surface area contributed by atoms with Crippen LogP contribution >= 0.6 is 0 Å². The van der Waals surface area contributed by atoms with Crippen molar-refractivity contribution in [1.29, 1.82) is 0 Å². The van der Waals surface area contributed by atoms with E-state index in [9.17, 15) is 9.59 Å². The van der Waals surface area contributed by atoms with E-state index in [-0.39, 0.29) is 13.2 Å². The second kappa shape index (κ2) is 13.6. The molecule has 0 rings (SSSR count). The third-order valence-corrected chi connectivity index (χ3v) is 1.36. The summed E-state index contributed by atoms with van der Waals surface area (Å²) in [5.41, 5.74) is 0.353. The molecule has 0 amide bonds. The normalized spacial score (nSPS) is 9.53. The van der Waals surface area contributed by atoms with E-state index in [1.54, 1.807) is 6.92 Å². The van der Waals surface area contributed by atoms with Gasteiger partial charge in [-0.15, -0.1) is 0 Å². The average Bonchev–Trinajstić information content (AvgIpc) is 2.39. The molecule has 0 fully saturated rings. The molecule has 0 aromatic carbocycles. The van der Waals surface area contributed by atoms with Gasteiger partial charge in [-0.05, 0) is 19.1 Å². The number of aliphatic hydroxyl groups is 2. The number of hydrogen-bond donors (Lipinski definition) is 2. The maximum atomic E-state index is 10.6. The predicted octanol–water partition coefficient (Wildman–Crippen LogP) is 1.96. The largest absolute Gasteiger partial charge is 0.516 e. The second-order valence-corrected chi connectivity index (χ2v) is 2.98. The molecule has 19 heavy (non-hydrogen) atoms. The zero-order valence-corrected chi connectivity index (χ0v) is 10.7. The fraction of sp³-hybridized carbons (Fsp3) is 0.231. The molecule has 0 aliphatic rings. The smallest absolute Gasteiger partial charge is 0.333 e. The Hall–Kier alpha value is -2.50. The lowest BCUT2D eigenvalue weighted by Crippen LogP contribution is -2.04. The molecular weight excluding hydrogens is 252 g/mol. The molecule has 0 aromatic heterocycles. The van der Waals surface area contributed by atoms with Crippen LogP contribution in [0.1, 0.15) is 6.92 Å². The van der Waals surface area contributed by atoms with Crippen LogP contribution in [0.4, 0.5) is 0 Å². The Morgan fingerprint density at radius 3 is 1.95 bits per heavy atom. The second-order valence-electron chi connectivity index (χ2n) is 2.98. The fourth-order valence-corrected chi connectivity index (χ4v) is 0.522. The quantitative estimate of drug-likeness (QED) is 0.435.